The number of rotatable bonds is 2. The van der Waals surface area contributed by atoms with Gasteiger partial charge in [0.1, 0.15) is 5.54 Å². The van der Waals surface area contributed by atoms with E-state index in [0.29, 0.717) is 6.54 Å². The van der Waals surface area contributed by atoms with Crippen LogP contribution in [0.3, 0.4) is 0 Å². The van der Waals surface area contributed by atoms with Crippen molar-refractivity contribution in [3.05, 3.63) is 35.4 Å². The molecule has 1 aromatic carbocycles. The lowest BCUT2D eigenvalue weighted by Gasteiger charge is -2.36. The van der Waals surface area contributed by atoms with Crippen molar-refractivity contribution in [2.75, 3.05) is 0 Å². The molecule has 3 rings (SSSR count). The van der Waals surface area contributed by atoms with Crippen LogP contribution in [0, 0.1) is 12.8 Å². The SMILES string of the molecule is Cc1ccc(CN2C(=O)N[C@]3(CCCC[C@H]3C)C2=O)cc1. The van der Waals surface area contributed by atoms with E-state index in [2.05, 4.69) is 12.2 Å². The Morgan fingerprint density at radius 2 is 1.95 bits per heavy atom. The molecule has 1 heterocycles. The fourth-order valence-corrected chi connectivity index (χ4v) is 3.52. The topological polar surface area (TPSA) is 49.4 Å². The number of nitrogens with zero attached hydrogens (tertiary/aromatic N) is 1. The lowest BCUT2D eigenvalue weighted by Crippen LogP contribution is -2.53. The van der Waals surface area contributed by atoms with Gasteiger partial charge in [-0.1, -0.05) is 49.6 Å². The van der Waals surface area contributed by atoms with Gasteiger partial charge in [0.25, 0.3) is 5.91 Å². The van der Waals surface area contributed by atoms with Gasteiger partial charge in [-0.25, -0.2) is 4.79 Å². The molecule has 2 fully saturated rings. The van der Waals surface area contributed by atoms with Crippen LogP contribution in [0.25, 0.3) is 0 Å². The highest BCUT2D eigenvalue weighted by molar-refractivity contribution is 6.07. The number of nitrogens with one attached hydrogen (secondary N) is 1. The van der Waals surface area contributed by atoms with Crippen molar-refractivity contribution in [3.8, 4) is 0 Å². The summed E-state index contributed by atoms with van der Waals surface area (Å²) in [6, 6.07) is 7.73. The highest BCUT2D eigenvalue weighted by atomic mass is 16.2. The van der Waals surface area contributed by atoms with Gasteiger partial charge in [-0.15, -0.1) is 0 Å². The summed E-state index contributed by atoms with van der Waals surface area (Å²) < 4.78 is 0. The number of carbonyl (C=O) groups is 2. The molecule has 3 amide bonds. The van der Waals surface area contributed by atoms with Gasteiger partial charge in [0.05, 0.1) is 6.54 Å². The predicted octanol–water partition coefficient (Wildman–Crippen LogP) is 3.00. The molecule has 0 unspecified atom stereocenters. The summed E-state index contributed by atoms with van der Waals surface area (Å²) in [5.41, 5.74) is 1.51. The minimum atomic E-state index is -0.653. The van der Waals surface area contributed by atoms with Gasteiger partial charge in [0.2, 0.25) is 0 Å². The van der Waals surface area contributed by atoms with E-state index < -0.39 is 5.54 Å². The number of urea groups is 1. The molecular formula is C17H22N2O2. The first-order valence-corrected chi connectivity index (χ1v) is 7.72. The average Bonchev–Trinajstić information content (AvgIpc) is 2.70. The van der Waals surface area contributed by atoms with E-state index in [1.165, 1.54) is 10.5 Å². The molecule has 1 aromatic rings. The average molecular weight is 286 g/mol. The smallest absolute Gasteiger partial charge is 0.323 e. The van der Waals surface area contributed by atoms with Crippen LogP contribution in [-0.2, 0) is 11.3 Å². The van der Waals surface area contributed by atoms with Crippen molar-refractivity contribution in [3.63, 3.8) is 0 Å². The summed E-state index contributed by atoms with van der Waals surface area (Å²) in [4.78, 5) is 26.5. The molecule has 1 spiro atoms. The molecule has 1 aliphatic heterocycles. The fourth-order valence-electron chi connectivity index (χ4n) is 3.52. The van der Waals surface area contributed by atoms with E-state index in [0.717, 1.165) is 31.2 Å². The normalized spacial score (nSPS) is 29.0. The zero-order valence-electron chi connectivity index (χ0n) is 12.7. The number of benzene rings is 1. The molecule has 4 heteroatoms. The highest BCUT2D eigenvalue weighted by Crippen LogP contribution is 2.38. The lowest BCUT2D eigenvalue weighted by molar-refractivity contribution is -0.134. The summed E-state index contributed by atoms with van der Waals surface area (Å²) in [5, 5.41) is 2.99. The maximum Gasteiger partial charge on any atom is 0.325 e. The van der Waals surface area contributed by atoms with E-state index in [1.54, 1.807) is 0 Å². The van der Waals surface area contributed by atoms with E-state index in [1.807, 2.05) is 31.2 Å². The van der Waals surface area contributed by atoms with Crippen molar-refractivity contribution in [1.82, 2.24) is 10.2 Å². The monoisotopic (exact) mass is 286 g/mol. The molecule has 0 radical (unpaired) electrons. The largest absolute Gasteiger partial charge is 0.325 e. The Morgan fingerprint density at radius 3 is 2.62 bits per heavy atom. The highest BCUT2D eigenvalue weighted by Gasteiger charge is 2.54. The molecule has 0 aromatic heterocycles. The second-order valence-corrected chi connectivity index (χ2v) is 6.43. The molecule has 0 bridgehead atoms. The van der Waals surface area contributed by atoms with E-state index in [-0.39, 0.29) is 17.9 Å². The number of imide groups is 1. The molecule has 1 aliphatic carbocycles. The standard InChI is InChI=1S/C17H22N2O2/c1-12-6-8-14(9-7-12)11-19-15(20)17(18-16(19)21)10-4-3-5-13(17)2/h6-9,13H,3-5,10-11H2,1-2H3,(H,18,21)/t13-,17+/m1/s1. The van der Waals surface area contributed by atoms with Crippen LogP contribution in [0.5, 0.6) is 0 Å². The number of carbonyl (C=O) groups excluding carboxylic acids is 2. The van der Waals surface area contributed by atoms with Crippen molar-refractivity contribution in [2.24, 2.45) is 5.92 Å². The third-order valence-electron chi connectivity index (χ3n) is 4.96. The first-order chi connectivity index (χ1) is 10.0. The van der Waals surface area contributed by atoms with Crippen molar-refractivity contribution < 1.29 is 9.59 Å². The van der Waals surface area contributed by atoms with Crippen molar-refractivity contribution in [2.45, 2.75) is 51.6 Å². The van der Waals surface area contributed by atoms with E-state index >= 15 is 0 Å². The molecule has 1 saturated heterocycles. The van der Waals surface area contributed by atoms with Gasteiger partial charge in [0.15, 0.2) is 0 Å². The predicted molar refractivity (Wildman–Crippen MR) is 80.6 cm³/mol. The molecule has 2 atom stereocenters. The van der Waals surface area contributed by atoms with Crippen LogP contribution >= 0.6 is 0 Å². The Bertz CT molecular complexity index is 567. The minimum Gasteiger partial charge on any atom is -0.323 e. The van der Waals surface area contributed by atoms with Crippen LogP contribution in [0.4, 0.5) is 4.79 Å². The van der Waals surface area contributed by atoms with Crippen molar-refractivity contribution in [1.29, 1.82) is 0 Å². The van der Waals surface area contributed by atoms with Gasteiger partial charge in [-0.05, 0) is 31.2 Å². The molecule has 4 nitrogen and oxygen atoms in total. The van der Waals surface area contributed by atoms with Crippen LogP contribution < -0.4 is 5.32 Å². The third kappa shape index (κ3) is 2.33. The Labute approximate surface area is 125 Å². The number of hydrogen-bond donors (Lipinski definition) is 1. The summed E-state index contributed by atoms with van der Waals surface area (Å²) in [7, 11) is 0. The third-order valence-corrected chi connectivity index (χ3v) is 4.96. The molecule has 112 valence electrons. The minimum absolute atomic E-state index is 0.0414. The Morgan fingerprint density at radius 1 is 1.24 bits per heavy atom. The summed E-state index contributed by atoms with van der Waals surface area (Å²) >= 11 is 0. The summed E-state index contributed by atoms with van der Waals surface area (Å²) in [6.07, 6.45) is 3.92. The first kappa shape index (κ1) is 14.1. The van der Waals surface area contributed by atoms with Gasteiger partial charge < -0.3 is 5.32 Å². The zero-order chi connectivity index (χ0) is 15.0. The Kier molecular flexibility index (Phi) is 3.47. The quantitative estimate of drug-likeness (QED) is 0.850. The van der Waals surface area contributed by atoms with E-state index in [4.69, 9.17) is 0 Å². The Balaban J connectivity index is 1.82. The summed E-state index contributed by atoms with van der Waals surface area (Å²) in [6.45, 7) is 4.46. The zero-order valence-corrected chi connectivity index (χ0v) is 12.7. The Hall–Kier alpha value is -1.84. The fraction of sp³-hybridized carbons (Fsp3) is 0.529. The number of hydrogen-bond acceptors (Lipinski definition) is 2. The first-order valence-electron chi connectivity index (χ1n) is 7.72. The second kappa shape index (κ2) is 5.17. The van der Waals surface area contributed by atoms with Crippen LogP contribution in [0.1, 0.15) is 43.7 Å². The summed E-state index contributed by atoms with van der Waals surface area (Å²) in [5.74, 6) is 0.172. The van der Waals surface area contributed by atoms with Gasteiger partial charge >= 0.3 is 6.03 Å². The van der Waals surface area contributed by atoms with Gasteiger partial charge in [-0.2, -0.15) is 0 Å². The van der Waals surface area contributed by atoms with E-state index in [9.17, 15) is 9.59 Å². The second-order valence-electron chi connectivity index (χ2n) is 6.43. The number of aryl methyl sites for hydroxylation is 1. The van der Waals surface area contributed by atoms with Crippen molar-refractivity contribution >= 4 is 11.9 Å². The molecule has 1 saturated carbocycles. The van der Waals surface area contributed by atoms with Gasteiger partial charge in [0, 0.05) is 0 Å². The maximum absolute atomic E-state index is 12.8. The molecule has 1 N–H and O–H groups in total. The molecular weight excluding hydrogens is 264 g/mol. The molecule has 21 heavy (non-hydrogen) atoms. The number of amides is 3. The van der Waals surface area contributed by atoms with Crippen LogP contribution in [-0.4, -0.2) is 22.4 Å². The maximum atomic E-state index is 12.8. The van der Waals surface area contributed by atoms with Crippen LogP contribution in [0.15, 0.2) is 24.3 Å². The van der Waals surface area contributed by atoms with Crippen LogP contribution in [0.2, 0.25) is 0 Å². The van der Waals surface area contributed by atoms with Gasteiger partial charge in [-0.3, -0.25) is 9.69 Å². The molecule has 2 aliphatic rings. The lowest BCUT2D eigenvalue weighted by atomic mass is 9.73.